The van der Waals surface area contributed by atoms with Gasteiger partial charge >= 0.3 is 6.03 Å². The van der Waals surface area contributed by atoms with Crippen LogP contribution in [0.25, 0.3) is 0 Å². The van der Waals surface area contributed by atoms with E-state index in [9.17, 15) is 4.79 Å². The van der Waals surface area contributed by atoms with Gasteiger partial charge in [0.1, 0.15) is 25.0 Å². The van der Waals surface area contributed by atoms with E-state index in [1.165, 1.54) is 4.90 Å². The van der Waals surface area contributed by atoms with Crippen LogP contribution >= 0.6 is 0 Å². The Morgan fingerprint density at radius 1 is 1.04 bits per heavy atom. The predicted molar refractivity (Wildman–Crippen MR) is 179 cm³/mol. The first-order valence-electron chi connectivity index (χ1n) is 16.0. The first-order valence-corrected chi connectivity index (χ1v) is 16.0. The minimum absolute atomic E-state index is 0.0437. The maximum absolute atomic E-state index is 12.6. The van der Waals surface area contributed by atoms with Crippen LogP contribution in [0.1, 0.15) is 25.8 Å². The molecule has 0 bridgehead atoms. The zero-order chi connectivity index (χ0) is 32.6. The molecule has 2 aliphatic heterocycles. The normalized spacial score (nSPS) is 20.1. The zero-order valence-electron chi connectivity index (χ0n) is 26.7. The highest BCUT2D eigenvalue weighted by Gasteiger charge is 2.45. The Bertz CT molecular complexity index is 1580. The summed E-state index contributed by atoms with van der Waals surface area (Å²) in [5.41, 5.74) is 3.70. The second-order valence-electron chi connectivity index (χ2n) is 11.7. The summed E-state index contributed by atoms with van der Waals surface area (Å²) in [7, 11) is 0. The van der Waals surface area contributed by atoms with Gasteiger partial charge < -0.3 is 29.3 Å². The topological polar surface area (TPSA) is 134 Å². The maximum atomic E-state index is 12.6. The van der Waals surface area contributed by atoms with Crippen molar-refractivity contribution in [3.8, 4) is 5.75 Å². The van der Waals surface area contributed by atoms with Crippen LogP contribution in [0.4, 0.5) is 21.9 Å². The second-order valence-corrected chi connectivity index (χ2v) is 11.7. The molecule has 3 atom stereocenters. The van der Waals surface area contributed by atoms with Gasteiger partial charge in [0, 0.05) is 61.6 Å². The number of aromatic nitrogens is 4. The van der Waals surface area contributed by atoms with Crippen molar-refractivity contribution in [1.29, 1.82) is 5.41 Å². The minimum atomic E-state index is -1.04. The number of pyridine rings is 1. The monoisotopic (exact) mass is 639 g/mol. The molecule has 2 N–H and O–H groups in total. The molecule has 13 nitrogen and oxygen atoms in total. The number of rotatable bonds is 12. The van der Waals surface area contributed by atoms with Crippen molar-refractivity contribution < 1.29 is 19.0 Å². The average molecular weight is 640 g/mol. The van der Waals surface area contributed by atoms with Gasteiger partial charge in [-0.05, 0) is 67.9 Å². The number of nitrogens with zero attached hydrogens (tertiary/aromatic N) is 7. The Morgan fingerprint density at radius 3 is 2.30 bits per heavy atom. The van der Waals surface area contributed by atoms with E-state index >= 15 is 0 Å². The molecule has 0 saturated carbocycles. The molecular formula is C34H41N9O4. The summed E-state index contributed by atoms with van der Waals surface area (Å²) in [6, 6.07) is 19.5. The molecule has 2 aromatic heterocycles. The molecule has 2 aliphatic rings. The molecule has 2 fully saturated rings. The van der Waals surface area contributed by atoms with Crippen LogP contribution in [0.15, 0.2) is 85.5 Å². The fourth-order valence-corrected chi connectivity index (χ4v) is 5.69. The van der Waals surface area contributed by atoms with E-state index in [-0.39, 0.29) is 18.2 Å². The Hall–Kier alpha value is -5.01. The summed E-state index contributed by atoms with van der Waals surface area (Å²) in [4.78, 5) is 24.4. The van der Waals surface area contributed by atoms with Crippen molar-refractivity contribution in [3.05, 3.63) is 91.0 Å². The molecule has 0 aliphatic carbocycles. The quantitative estimate of drug-likeness (QED) is 0.172. The van der Waals surface area contributed by atoms with Gasteiger partial charge in [0.15, 0.2) is 0 Å². The van der Waals surface area contributed by atoms with Gasteiger partial charge in [-0.3, -0.25) is 15.3 Å². The zero-order valence-corrected chi connectivity index (χ0v) is 26.7. The molecule has 2 amide bonds. The molecule has 4 heterocycles. The maximum Gasteiger partial charge on any atom is 0.327 e. The van der Waals surface area contributed by atoms with Crippen molar-refractivity contribution in [2.45, 2.75) is 44.7 Å². The van der Waals surface area contributed by atoms with E-state index in [0.29, 0.717) is 25.4 Å². The van der Waals surface area contributed by atoms with E-state index in [2.05, 4.69) is 42.4 Å². The van der Waals surface area contributed by atoms with Crippen molar-refractivity contribution >= 4 is 29.4 Å². The molecular weight excluding hydrogens is 598 g/mol. The Morgan fingerprint density at radius 2 is 1.70 bits per heavy atom. The fourth-order valence-electron chi connectivity index (χ4n) is 5.69. The van der Waals surface area contributed by atoms with Gasteiger partial charge in [-0.25, -0.2) is 4.79 Å². The van der Waals surface area contributed by atoms with Crippen molar-refractivity contribution in [2.75, 3.05) is 54.1 Å². The van der Waals surface area contributed by atoms with Crippen molar-refractivity contribution in [1.82, 2.24) is 25.3 Å². The summed E-state index contributed by atoms with van der Waals surface area (Å²) >= 11 is 0. The van der Waals surface area contributed by atoms with Gasteiger partial charge in [0.05, 0.1) is 31.0 Å². The lowest BCUT2D eigenvalue weighted by Crippen LogP contribution is -2.46. The van der Waals surface area contributed by atoms with Crippen LogP contribution in [-0.4, -0.2) is 83.9 Å². The minimum Gasteiger partial charge on any atom is -0.491 e. The largest absolute Gasteiger partial charge is 0.491 e. The Balaban J connectivity index is 0.991. The lowest BCUT2D eigenvalue weighted by Gasteiger charge is -2.37. The third kappa shape index (κ3) is 7.53. The molecule has 6 rings (SSSR count). The van der Waals surface area contributed by atoms with Crippen LogP contribution in [0.5, 0.6) is 5.75 Å². The number of nitrogens with one attached hydrogen (secondary N) is 2. The van der Waals surface area contributed by atoms with Crippen molar-refractivity contribution in [3.63, 3.8) is 0 Å². The van der Waals surface area contributed by atoms with Crippen LogP contribution in [0, 0.1) is 5.41 Å². The number of hydrogen-bond acceptors (Lipinski definition) is 10. The molecule has 0 spiro atoms. The molecule has 2 aromatic carbocycles. The number of carbonyl (C=O) groups is 1. The van der Waals surface area contributed by atoms with Crippen LogP contribution in [-0.2, 0) is 21.8 Å². The van der Waals surface area contributed by atoms with E-state index in [1.807, 2.05) is 62.4 Å². The first kappa shape index (κ1) is 32.0. The molecule has 0 radical (unpaired) electrons. The SMILES string of the molecule is CCC(C)NC(=O)N(C=N)c1ccc(N2CCN(c3ccc(OCC4COC(Cn5nccn5)(c5cccnc5)O4)cc3)CC2)cc1. The molecule has 246 valence electrons. The average Bonchev–Trinajstić information content (AvgIpc) is 3.79. The number of anilines is 3. The first-order chi connectivity index (χ1) is 23.0. The molecule has 47 heavy (non-hydrogen) atoms. The van der Waals surface area contributed by atoms with Gasteiger partial charge in [-0.1, -0.05) is 13.0 Å². The molecule has 4 aromatic rings. The van der Waals surface area contributed by atoms with E-state index in [0.717, 1.165) is 61.6 Å². The van der Waals surface area contributed by atoms with E-state index in [4.69, 9.17) is 19.6 Å². The summed E-state index contributed by atoms with van der Waals surface area (Å²) in [6.45, 7) is 8.46. The predicted octanol–water partition coefficient (Wildman–Crippen LogP) is 4.27. The van der Waals surface area contributed by atoms with Crippen LogP contribution in [0.2, 0.25) is 0 Å². The van der Waals surface area contributed by atoms with Gasteiger partial charge in [0.25, 0.3) is 0 Å². The molecule has 3 unspecified atom stereocenters. The number of ether oxygens (including phenoxy) is 3. The third-order valence-electron chi connectivity index (χ3n) is 8.52. The number of urea groups is 1. The number of hydrogen-bond donors (Lipinski definition) is 2. The number of carbonyl (C=O) groups excluding carboxylic acids is 1. The van der Waals surface area contributed by atoms with Crippen LogP contribution < -0.4 is 24.8 Å². The summed E-state index contributed by atoms with van der Waals surface area (Å²) in [5.74, 6) is -0.277. The third-order valence-corrected chi connectivity index (χ3v) is 8.52. The number of amides is 2. The number of benzene rings is 2. The summed E-state index contributed by atoms with van der Waals surface area (Å²) < 4.78 is 18.7. The summed E-state index contributed by atoms with van der Waals surface area (Å²) in [6.07, 6.45) is 8.31. The standard InChI is InChI=1S/C34H41N9O4/c1-3-26(2)39-33(44)42(25-35)30-8-6-28(7-9-30)40-17-19-41(20-18-40)29-10-12-31(13-11-29)45-22-32-23-46-34(47-32,24-43-37-15-16-38-43)27-5-4-14-36-21-27/h4-16,21,25-26,32,35H,3,17-20,22-24H2,1-2H3,(H,39,44). The smallest absolute Gasteiger partial charge is 0.327 e. The lowest BCUT2D eigenvalue weighted by atomic mass is 10.1. The Labute approximate surface area is 274 Å². The van der Waals surface area contributed by atoms with Gasteiger partial charge in [-0.2, -0.15) is 15.0 Å². The fraction of sp³-hybridized carbons (Fsp3) is 0.382. The van der Waals surface area contributed by atoms with Gasteiger partial charge in [-0.15, -0.1) is 0 Å². The Kier molecular flexibility index (Phi) is 9.93. The number of piperazine rings is 1. The van der Waals surface area contributed by atoms with Gasteiger partial charge in [0.2, 0.25) is 5.79 Å². The molecule has 2 saturated heterocycles. The highest BCUT2D eigenvalue weighted by atomic mass is 16.8. The highest BCUT2D eigenvalue weighted by Crippen LogP contribution is 2.36. The van der Waals surface area contributed by atoms with E-state index in [1.54, 1.807) is 29.6 Å². The van der Waals surface area contributed by atoms with Crippen LogP contribution in [0.3, 0.4) is 0 Å². The highest BCUT2D eigenvalue weighted by molar-refractivity contribution is 6.06. The van der Waals surface area contributed by atoms with E-state index < -0.39 is 5.79 Å². The lowest BCUT2D eigenvalue weighted by molar-refractivity contribution is -0.192. The van der Waals surface area contributed by atoms with Crippen molar-refractivity contribution in [2.24, 2.45) is 0 Å². The summed E-state index contributed by atoms with van der Waals surface area (Å²) in [5, 5.41) is 19.1. The second kappa shape index (κ2) is 14.6. The molecule has 13 heteroatoms.